The highest BCUT2D eigenvalue weighted by molar-refractivity contribution is 5.90. The smallest absolute Gasteiger partial charge is 0.338 e. The Balaban J connectivity index is 1.88. The van der Waals surface area contributed by atoms with Gasteiger partial charge < -0.3 is 14.2 Å². The van der Waals surface area contributed by atoms with Crippen molar-refractivity contribution in [2.75, 3.05) is 0 Å². The molecule has 29 heavy (non-hydrogen) atoms. The third kappa shape index (κ3) is 3.70. The van der Waals surface area contributed by atoms with Gasteiger partial charge in [0.1, 0.15) is 6.61 Å². The van der Waals surface area contributed by atoms with E-state index in [0.717, 1.165) is 11.1 Å². The van der Waals surface area contributed by atoms with Gasteiger partial charge in [-0.2, -0.15) is 0 Å². The molecule has 0 N–H and O–H groups in total. The van der Waals surface area contributed by atoms with Crippen LogP contribution in [-0.4, -0.2) is 17.2 Å². The summed E-state index contributed by atoms with van der Waals surface area (Å²) < 4.78 is 18.1. The minimum absolute atomic E-state index is 0.205. The molecule has 2 aromatic rings. The molecule has 0 spiro atoms. The average Bonchev–Trinajstić information content (AvgIpc) is 2.73. The highest BCUT2D eigenvalue weighted by Crippen LogP contribution is 2.48. The van der Waals surface area contributed by atoms with Crippen LogP contribution in [0.2, 0.25) is 0 Å². The topological polar surface area (TPSA) is 44.8 Å². The van der Waals surface area contributed by atoms with Crippen molar-refractivity contribution in [3.05, 3.63) is 97.1 Å². The van der Waals surface area contributed by atoms with Crippen LogP contribution in [0.5, 0.6) is 11.5 Å². The standard InChI is InChI=1S/C25H26O4/c1-6-15-25(7-2)24(5,18(3)4)28-22-16-20(13-14-21(22)29-25)23(26)27-17-19-11-9-8-10-12-19/h6-14,16H,1-3,15,17H2,4-5H3. The Hall–Kier alpha value is -3.27. The number of ether oxygens (including phenoxy) is 3. The fourth-order valence-electron chi connectivity index (χ4n) is 3.42. The molecule has 0 aliphatic carbocycles. The van der Waals surface area contributed by atoms with Gasteiger partial charge in [0.15, 0.2) is 22.7 Å². The van der Waals surface area contributed by atoms with E-state index in [0.29, 0.717) is 23.5 Å². The molecule has 0 fully saturated rings. The van der Waals surface area contributed by atoms with Crippen LogP contribution in [-0.2, 0) is 11.3 Å². The average molecular weight is 390 g/mol. The Morgan fingerprint density at radius 1 is 1.10 bits per heavy atom. The lowest BCUT2D eigenvalue weighted by Gasteiger charge is -2.50. The first kappa shape index (κ1) is 20.5. The van der Waals surface area contributed by atoms with Gasteiger partial charge in [-0.3, -0.25) is 0 Å². The summed E-state index contributed by atoms with van der Waals surface area (Å²) in [5.74, 6) is 0.570. The van der Waals surface area contributed by atoms with Crippen molar-refractivity contribution in [3.8, 4) is 11.5 Å². The molecule has 0 aromatic heterocycles. The van der Waals surface area contributed by atoms with Crippen LogP contribution in [0.1, 0.15) is 36.2 Å². The third-order valence-corrected chi connectivity index (χ3v) is 5.40. The summed E-state index contributed by atoms with van der Waals surface area (Å²) in [4.78, 5) is 12.5. The van der Waals surface area contributed by atoms with E-state index in [-0.39, 0.29) is 6.61 Å². The number of carbonyl (C=O) groups excluding carboxylic acids is 1. The second-order valence-corrected chi connectivity index (χ2v) is 7.33. The summed E-state index contributed by atoms with van der Waals surface area (Å²) in [5, 5.41) is 0. The first-order chi connectivity index (χ1) is 13.8. The van der Waals surface area contributed by atoms with Crippen LogP contribution in [0.4, 0.5) is 0 Å². The fourth-order valence-corrected chi connectivity index (χ4v) is 3.42. The quantitative estimate of drug-likeness (QED) is 0.453. The van der Waals surface area contributed by atoms with Crippen molar-refractivity contribution in [3.63, 3.8) is 0 Å². The summed E-state index contributed by atoms with van der Waals surface area (Å²) >= 11 is 0. The number of carbonyl (C=O) groups is 1. The number of hydrogen-bond donors (Lipinski definition) is 0. The van der Waals surface area contributed by atoms with Crippen molar-refractivity contribution >= 4 is 5.97 Å². The number of benzene rings is 2. The van der Waals surface area contributed by atoms with Gasteiger partial charge in [0.2, 0.25) is 0 Å². The van der Waals surface area contributed by atoms with Gasteiger partial charge in [-0.1, -0.05) is 49.6 Å². The van der Waals surface area contributed by atoms with E-state index >= 15 is 0 Å². The van der Waals surface area contributed by atoms with Gasteiger partial charge >= 0.3 is 5.97 Å². The summed E-state index contributed by atoms with van der Waals surface area (Å²) in [6.07, 6.45) is 4.00. The van der Waals surface area contributed by atoms with E-state index in [4.69, 9.17) is 14.2 Å². The van der Waals surface area contributed by atoms with Crippen LogP contribution in [0.25, 0.3) is 0 Å². The van der Waals surface area contributed by atoms with Crippen LogP contribution in [0, 0.1) is 0 Å². The Morgan fingerprint density at radius 3 is 2.45 bits per heavy atom. The lowest BCUT2D eigenvalue weighted by Crippen LogP contribution is -2.60. The van der Waals surface area contributed by atoms with Crippen molar-refractivity contribution in [1.82, 2.24) is 0 Å². The minimum Gasteiger partial charge on any atom is -0.475 e. The van der Waals surface area contributed by atoms with Crippen LogP contribution in [0.3, 0.4) is 0 Å². The number of esters is 1. The zero-order valence-corrected chi connectivity index (χ0v) is 16.9. The minimum atomic E-state index is -0.873. The zero-order valence-electron chi connectivity index (χ0n) is 16.9. The van der Waals surface area contributed by atoms with Crippen LogP contribution < -0.4 is 9.47 Å². The lowest BCUT2D eigenvalue weighted by molar-refractivity contribution is -0.0780. The number of fused-ring (bicyclic) bond motifs is 1. The lowest BCUT2D eigenvalue weighted by atomic mass is 9.76. The normalized spacial score (nSPS) is 22.4. The molecule has 2 aromatic carbocycles. The molecule has 0 amide bonds. The van der Waals surface area contributed by atoms with E-state index in [1.165, 1.54) is 0 Å². The SMILES string of the molecule is C=CCC1(C=C)Oc2ccc(C(=O)OCc3ccccc3)cc2OC1(C)C(=C)C. The molecular formula is C25H26O4. The molecule has 1 aliphatic heterocycles. The van der Waals surface area contributed by atoms with E-state index in [9.17, 15) is 4.79 Å². The van der Waals surface area contributed by atoms with Gasteiger partial charge in [0, 0.05) is 6.42 Å². The van der Waals surface area contributed by atoms with E-state index in [1.54, 1.807) is 30.4 Å². The van der Waals surface area contributed by atoms with Crippen LogP contribution in [0.15, 0.2) is 86.0 Å². The Bertz CT molecular complexity index is 947. The van der Waals surface area contributed by atoms with E-state index < -0.39 is 17.2 Å². The molecule has 2 atom stereocenters. The van der Waals surface area contributed by atoms with Crippen molar-refractivity contribution in [2.45, 2.75) is 38.1 Å². The number of hydrogen-bond acceptors (Lipinski definition) is 4. The third-order valence-electron chi connectivity index (χ3n) is 5.40. The molecule has 0 saturated carbocycles. The predicted octanol–water partition coefficient (Wildman–Crippen LogP) is 5.65. The van der Waals surface area contributed by atoms with Crippen LogP contribution >= 0.6 is 0 Å². The molecule has 0 saturated heterocycles. The summed E-state index contributed by atoms with van der Waals surface area (Å²) in [6, 6.07) is 14.6. The maximum absolute atomic E-state index is 12.5. The maximum Gasteiger partial charge on any atom is 0.338 e. The van der Waals surface area contributed by atoms with Gasteiger partial charge in [0.05, 0.1) is 5.56 Å². The van der Waals surface area contributed by atoms with E-state index in [1.807, 2.05) is 44.2 Å². The highest BCUT2D eigenvalue weighted by atomic mass is 16.6. The first-order valence-electron chi connectivity index (χ1n) is 9.49. The summed E-state index contributed by atoms with van der Waals surface area (Å²) in [5.41, 5.74) is 0.378. The molecule has 1 heterocycles. The van der Waals surface area contributed by atoms with Gasteiger partial charge in [-0.15, -0.1) is 6.58 Å². The predicted molar refractivity (Wildman–Crippen MR) is 114 cm³/mol. The molecule has 4 heteroatoms. The van der Waals surface area contributed by atoms with Crippen molar-refractivity contribution < 1.29 is 19.0 Å². The molecule has 3 rings (SSSR count). The zero-order chi connectivity index (χ0) is 21.1. The second-order valence-electron chi connectivity index (χ2n) is 7.33. The van der Waals surface area contributed by atoms with E-state index in [2.05, 4.69) is 19.7 Å². The van der Waals surface area contributed by atoms with Crippen molar-refractivity contribution in [2.24, 2.45) is 0 Å². The van der Waals surface area contributed by atoms with Gasteiger partial charge in [-0.05, 0) is 49.3 Å². The Morgan fingerprint density at radius 2 is 1.83 bits per heavy atom. The summed E-state index contributed by atoms with van der Waals surface area (Å²) in [7, 11) is 0. The summed E-state index contributed by atoms with van der Waals surface area (Å²) in [6.45, 7) is 15.9. The number of rotatable bonds is 7. The maximum atomic E-state index is 12.5. The van der Waals surface area contributed by atoms with Gasteiger partial charge in [-0.25, -0.2) is 4.79 Å². The largest absolute Gasteiger partial charge is 0.475 e. The van der Waals surface area contributed by atoms with Gasteiger partial charge in [0.25, 0.3) is 0 Å². The molecule has 0 bridgehead atoms. The molecule has 0 radical (unpaired) electrons. The second kappa shape index (κ2) is 8.00. The Kier molecular flexibility index (Phi) is 5.64. The first-order valence-corrected chi connectivity index (χ1v) is 9.49. The molecule has 1 aliphatic rings. The molecule has 2 unspecified atom stereocenters. The fraction of sp³-hybridized carbons (Fsp3) is 0.240. The highest BCUT2D eigenvalue weighted by Gasteiger charge is 2.54. The molecular weight excluding hydrogens is 364 g/mol. The molecule has 4 nitrogen and oxygen atoms in total. The molecule has 150 valence electrons. The monoisotopic (exact) mass is 390 g/mol. The Labute approximate surface area is 172 Å². The van der Waals surface area contributed by atoms with Crippen molar-refractivity contribution in [1.29, 1.82) is 0 Å².